The summed E-state index contributed by atoms with van der Waals surface area (Å²) in [7, 11) is 9.41. The zero-order valence-corrected chi connectivity index (χ0v) is 48.4. The van der Waals surface area contributed by atoms with Gasteiger partial charge in [-0.2, -0.15) is 0 Å². The Bertz CT molecular complexity index is 1470. The molecule has 2 atom stereocenters. The summed E-state index contributed by atoms with van der Waals surface area (Å²) >= 11 is 0. The van der Waals surface area contributed by atoms with Crippen molar-refractivity contribution in [3.8, 4) is 0 Å². The molecule has 0 aromatic rings. The zero-order chi connectivity index (χ0) is 49.3. The number of fused-ring (bicyclic) bond motifs is 3. The summed E-state index contributed by atoms with van der Waals surface area (Å²) < 4.78 is 0. The van der Waals surface area contributed by atoms with E-state index in [1.165, 1.54) is 0 Å². The van der Waals surface area contributed by atoms with Crippen molar-refractivity contribution in [2.24, 2.45) is 10.8 Å². The summed E-state index contributed by atoms with van der Waals surface area (Å²) in [6.45, 7) is 80.1. The molecule has 4 fully saturated rings. The second-order valence-electron chi connectivity index (χ2n) is 29.3. The maximum Gasteiger partial charge on any atom is 0.0529 e. The maximum absolute atomic E-state index is 2.97. The first-order chi connectivity index (χ1) is 26.1. The van der Waals surface area contributed by atoms with Crippen LogP contribution in [0, 0.1) is 10.8 Å². The van der Waals surface area contributed by atoms with Crippen molar-refractivity contribution in [2.75, 3.05) is 34.9 Å². The van der Waals surface area contributed by atoms with Crippen LogP contribution in [0.4, 0.5) is 0 Å². The van der Waals surface area contributed by atoms with E-state index in [0.29, 0.717) is 6.04 Å². The van der Waals surface area contributed by atoms with Crippen LogP contribution in [-0.2, 0) is 0 Å². The molecule has 362 valence electrons. The molecule has 0 spiro atoms. The minimum atomic E-state index is -0.0600. The van der Waals surface area contributed by atoms with Crippen LogP contribution in [-0.4, -0.2) is 153 Å². The van der Waals surface area contributed by atoms with E-state index < -0.39 is 0 Å². The van der Waals surface area contributed by atoms with Crippen molar-refractivity contribution >= 4 is 0 Å². The van der Waals surface area contributed by atoms with Gasteiger partial charge in [-0.3, -0.25) is 34.3 Å². The summed E-state index contributed by atoms with van der Waals surface area (Å²) in [5, 5.41) is 0. The molecule has 4 saturated heterocycles. The van der Waals surface area contributed by atoms with E-state index in [9.17, 15) is 0 Å². The van der Waals surface area contributed by atoms with E-state index in [4.69, 9.17) is 0 Å². The Labute approximate surface area is 383 Å². The number of hydrogen-bond acceptors (Lipinski definition) is 7. The minimum absolute atomic E-state index is 0.0133. The second-order valence-corrected chi connectivity index (χ2v) is 29.3. The van der Waals surface area contributed by atoms with Gasteiger partial charge in [-0.05, 0) is 233 Å². The Morgan fingerprint density at radius 3 is 0.623 bits per heavy atom. The lowest BCUT2D eigenvalue weighted by atomic mass is 9.55. The number of nitrogens with zero attached hydrogens (tertiary/aromatic N) is 7. The highest BCUT2D eigenvalue weighted by Crippen LogP contribution is 2.64. The van der Waals surface area contributed by atoms with E-state index in [1.54, 1.807) is 0 Å². The van der Waals surface area contributed by atoms with Crippen LogP contribution in [0.2, 0.25) is 0 Å². The quantitative estimate of drug-likeness (QED) is 0.239. The van der Waals surface area contributed by atoms with E-state index in [1.807, 2.05) is 0 Å². The molecule has 0 saturated carbocycles. The van der Waals surface area contributed by atoms with Crippen molar-refractivity contribution in [3.63, 3.8) is 0 Å². The summed E-state index contributed by atoms with van der Waals surface area (Å²) in [4.78, 5) is 19.3. The van der Waals surface area contributed by atoms with Gasteiger partial charge in [0.25, 0.3) is 0 Å². The van der Waals surface area contributed by atoms with Crippen LogP contribution in [0.15, 0.2) is 0 Å². The molecule has 2 unspecified atom stereocenters. The first-order valence-electron chi connectivity index (χ1n) is 24.4. The third-order valence-corrected chi connectivity index (χ3v) is 24.7. The number of likely N-dealkylation sites (N-methyl/N-ethyl adjacent to an activating group) is 4. The molecule has 4 aliphatic rings. The second kappa shape index (κ2) is 14.1. The molecule has 0 aromatic carbocycles. The van der Waals surface area contributed by atoms with Crippen molar-refractivity contribution in [3.05, 3.63) is 0 Å². The number of rotatable bonds is 0. The molecule has 4 heterocycles. The Morgan fingerprint density at radius 2 is 0.393 bits per heavy atom. The van der Waals surface area contributed by atoms with Gasteiger partial charge in [-0.15, -0.1) is 0 Å². The lowest BCUT2D eigenvalue weighted by molar-refractivity contribution is -0.150. The van der Waals surface area contributed by atoms with Crippen LogP contribution in [0.5, 0.6) is 0 Å². The standard InChI is InChI=1S/C27H56N4.C27H55N3/c1-20(2)21(3,4)29(18)23(7,8)25(11,12)31-19-30(26(13,14)27(31,15)16)24(9,10)22(5,6)28(20)17;1-20(2)19-21(3,4)23(7,8)29(18)25(11,12)27(15,16)30(19)26(13,14)24(9,10)28(17)22(20,5)6/h19H2,1-18H3;19H,1-18H3. The van der Waals surface area contributed by atoms with Crippen molar-refractivity contribution in [1.29, 1.82) is 0 Å². The molecule has 7 heteroatoms. The van der Waals surface area contributed by atoms with Crippen molar-refractivity contribution in [1.82, 2.24) is 34.3 Å². The van der Waals surface area contributed by atoms with Gasteiger partial charge < -0.3 is 0 Å². The van der Waals surface area contributed by atoms with Gasteiger partial charge in [0.05, 0.1) is 6.67 Å². The van der Waals surface area contributed by atoms with Crippen molar-refractivity contribution < 1.29 is 0 Å². The van der Waals surface area contributed by atoms with Gasteiger partial charge in [-0.1, -0.05) is 27.7 Å². The molecule has 0 N–H and O–H groups in total. The lowest BCUT2D eigenvalue weighted by Crippen LogP contribution is -2.78. The molecule has 0 radical (unpaired) electrons. The van der Waals surface area contributed by atoms with Crippen LogP contribution in [0.3, 0.4) is 0 Å². The Morgan fingerprint density at radius 1 is 0.230 bits per heavy atom. The molecule has 4 aliphatic heterocycles. The Balaban J connectivity index is 0.000000325. The predicted molar refractivity (Wildman–Crippen MR) is 270 cm³/mol. The van der Waals surface area contributed by atoms with Gasteiger partial charge in [0.15, 0.2) is 0 Å². The molecular weight excluding hydrogens is 747 g/mol. The molecular formula is C54H111N7. The number of hydrogen-bond donors (Lipinski definition) is 0. The van der Waals surface area contributed by atoms with Gasteiger partial charge in [0.1, 0.15) is 0 Å². The third kappa shape index (κ3) is 6.44. The van der Waals surface area contributed by atoms with Crippen molar-refractivity contribution in [2.45, 2.75) is 305 Å². The molecule has 7 nitrogen and oxygen atoms in total. The Hall–Kier alpha value is -0.280. The molecule has 0 aromatic heterocycles. The van der Waals surface area contributed by atoms with Crippen LogP contribution in [0.25, 0.3) is 0 Å². The molecule has 61 heavy (non-hydrogen) atoms. The van der Waals surface area contributed by atoms with E-state index in [2.05, 4.69) is 284 Å². The monoisotopic (exact) mass is 858 g/mol. The average Bonchev–Trinajstić information content (AvgIpc) is 3.24. The van der Waals surface area contributed by atoms with E-state index in [-0.39, 0.29) is 88.4 Å². The fraction of sp³-hybridized carbons (Fsp3) is 1.00. The van der Waals surface area contributed by atoms with Crippen LogP contribution >= 0.6 is 0 Å². The SMILES string of the molecule is CN1C(C)(C)C(C)(C)C2N(C(C)(C)C1(C)C)C(C)(C)C(C)(C)N(C)C(C)(C)C2(C)C.CN1C(C)(C)C(C)(C)N(C)C(C)(C)C(C)(C)N2CN(C(C)(C)C1(C)C)C(C)(C)C2(C)C. The molecule has 4 rings (SSSR count). The topological polar surface area (TPSA) is 22.7 Å². The largest absolute Gasteiger partial charge is 0.294 e. The normalized spacial score (nSPS) is 36.2. The third-order valence-electron chi connectivity index (χ3n) is 24.7. The highest BCUT2D eigenvalue weighted by atomic mass is 15.5. The summed E-state index contributed by atoms with van der Waals surface area (Å²) in [6, 6.07) is 0.383. The Kier molecular flexibility index (Phi) is 12.8. The minimum Gasteiger partial charge on any atom is -0.294 e. The first-order valence-corrected chi connectivity index (χ1v) is 24.4. The average molecular weight is 859 g/mol. The summed E-state index contributed by atoms with van der Waals surface area (Å²) in [5.41, 5.74) is -0.296. The lowest BCUT2D eigenvalue weighted by Gasteiger charge is -2.66. The van der Waals surface area contributed by atoms with Gasteiger partial charge in [0.2, 0.25) is 0 Å². The van der Waals surface area contributed by atoms with Crippen LogP contribution in [0.1, 0.15) is 222 Å². The smallest absolute Gasteiger partial charge is 0.0529 e. The first kappa shape index (κ1) is 55.1. The predicted octanol–water partition coefficient (Wildman–Crippen LogP) is 11.9. The zero-order valence-electron chi connectivity index (χ0n) is 48.4. The molecule has 0 amide bonds. The van der Waals surface area contributed by atoms with E-state index in [0.717, 1.165) is 6.67 Å². The van der Waals surface area contributed by atoms with Gasteiger partial charge in [-0.25, -0.2) is 0 Å². The van der Waals surface area contributed by atoms with Crippen LogP contribution < -0.4 is 0 Å². The fourth-order valence-electron chi connectivity index (χ4n) is 13.8. The van der Waals surface area contributed by atoms with Gasteiger partial charge in [0, 0.05) is 83.6 Å². The summed E-state index contributed by atoms with van der Waals surface area (Å²) in [5.74, 6) is 0. The maximum atomic E-state index is 2.97. The highest BCUT2D eigenvalue weighted by Gasteiger charge is 2.72. The fourth-order valence-corrected chi connectivity index (χ4v) is 13.8. The summed E-state index contributed by atoms with van der Waals surface area (Å²) in [6.07, 6.45) is 0. The van der Waals surface area contributed by atoms with E-state index >= 15 is 0 Å². The molecule has 2 bridgehead atoms. The molecule has 0 aliphatic carbocycles. The highest BCUT2D eigenvalue weighted by molar-refractivity contribution is 5.28. The van der Waals surface area contributed by atoms with Gasteiger partial charge >= 0.3 is 0 Å².